The Morgan fingerprint density at radius 3 is 2.74 bits per heavy atom. The highest BCUT2D eigenvalue weighted by molar-refractivity contribution is 5.90. The van der Waals surface area contributed by atoms with Gasteiger partial charge in [-0.1, -0.05) is 13.0 Å². The molecule has 1 N–H and O–H groups in total. The lowest BCUT2D eigenvalue weighted by molar-refractivity contribution is -0.0957. The van der Waals surface area contributed by atoms with Crippen LogP contribution in [-0.4, -0.2) is 45.3 Å². The first-order valence-electron chi connectivity index (χ1n) is 5.88. The van der Waals surface area contributed by atoms with Crippen molar-refractivity contribution < 1.29 is 18.0 Å². The number of rotatable bonds is 2. The van der Waals surface area contributed by atoms with E-state index in [1.165, 1.54) is 4.90 Å². The molecule has 0 spiro atoms. The van der Waals surface area contributed by atoms with Crippen molar-refractivity contribution in [3.05, 3.63) is 23.3 Å². The maximum atomic E-state index is 12.4. The lowest BCUT2D eigenvalue weighted by atomic mass is 10.1. The minimum Gasteiger partial charge on any atom is -0.332 e. The van der Waals surface area contributed by atoms with Crippen LogP contribution in [0.5, 0.6) is 0 Å². The summed E-state index contributed by atoms with van der Waals surface area (Å²) in [4.78, 5) is 17.2. The van der Waals surface area contributed by atoms with Gasteiger partial charge < -0.3 is 4.90 Å². The third-order valence-corrected chi connectivity index (χ3v) is 2.92. The van der Waals surface area contributed by atoms with E-state index in [9.17, 15) is 18.0 Å². The smallest absolute Gasteiger partial charge is 0.332 e. The van der Waals surface area contributed by atoms with Crippen LogP contribution in [0.1, 0.15) is 29.8 Å². The summed E-state index contributed by atoms with van der Waals surface area (Å²) >= 11 is 0. The van der Waals surface area contributed by atoms with Gasteiger partial charge in [0.15, 0.2) is 0 Å². The first kappa shape index (κ1) is 13.6. The Morgan fingerprint density at radius 2 is 2.26 bits per heavy atom. The molecule has 5 nitrogen and oxygen atoms in total. The second-order valence-electron chi connectivity index (χ2n) is 4.19. The van der Waals surface area contributed by atoms with Gasteiger partial charge in [0.25, 0.3) is 5.91 Å². The van der Waals surface area contributed by atoms with Crippen molar-refractivity contribution in [1.82, 2.24) is 20.1 Å². The predicted molar refractivity (Wildman–Crippen MR) is 60.4 cm³/mol. The van der Waals surface area contributed by atoms with Crippen molar-refractivity contribution in [3.8, 4) is 0 Å². The normalized spacial score (nSPS) is 16.4. The van der Waals surface area contributed by atoms with E-state index >= 15 is 0 Å². The van der Waals surface area contributed by atoms with Crippen molar-refractivity contribution in [2.45, 2.75) is 25.9 Å². The summed E-state index contributed by atoms with van der Waals surface area (Å²) in [6, 6.07) is 0. The fraction of sp³-hybridized carbons (Fsp3) is 0.545. The number of nitrogens with one attached hydrogen (secondary N) is 1. The van der Waals surface area contributed by atoms with E-state index in [2.05, 4.69) is 15.2 Å². The molecule has 0 saturated heterocycles. The van der Waals surface area contributed by atoms with Crippen molar-refractivity contribution in [2.75, 3.05) is 13.1 Å². The SMILES string of the molecule is CCc1nc(C(=O)N2CC=C(C(F)(F)F)CC2)n[nH]1. The standard InChI is InChI=1S/C11H13F3N4O/c1-2-8-15-9(17-16-8)10(19)18-5-3-7(4-6-18)11(12,13)14/h3H,2,4-6H2,1H3,(H,15,16,17). The fourth-order valence-corrected chi connectivity index (χ4v) is 1.80. The molecule has 0 bridgehead atoms. The van der Waals surface area contributed by atoms with Crippen molar-refractivity contribution >= 4 is 5.91 Å². The molecule has 1 aliphatic rings. The largest absolute Gasteiger partial charge is 0.412 e. The van der Waals surface area contributed by atoms with Crippen LogP contribution in [0.25, 0.3) is 0 Å². The van der Waals surface area contributed by atoms with Crippen molar-refractivity contribution in [3.63, 3.8) is 0 Å². The van der Waals surface area contributed by atoms with Crippen LogP contribution in [-0.2, 0) is 6.42 Å². The second kappa shape index (κ2) is 5.02. The average molecular weight is 274 g/mol. The summed E-state index contributed by atoms with van der Waals surface area (Å²) in [5, 5.41) is 6.36. The van der Waals surface area contributed by atoms with Crippen LogP contribution in [0.3, 0.4) is 0 Å². The molecule has 0 saturated carbocycles. The maximum Gasteiger partial charge on any atom is 0.412 e. The molecule has 0 aromatic carbocycles. The van der Waals surface area contributed by atoms with Crippen LogP contribution in [0.2, 0.25) is 0 Å². The van der Waals surface area contributed by atoms with Gasteiger partial charge >= 0.3 is 6.18 Å². The monoisotopic (exact) mass is 274 g/mol. The molecule has 1 amide bonds. The van der Waals surface area contributed by atoms with Crippen LogP contribution >= 0.6 is 0 Å². The summed E-state index contributed by atoms with van der Waals surface area (Å²) < 4.78 is 37.3. The highest BCUT2D eigenvalue weighted by atomic mass is 19.4. The van der Waals surface area contributed by atoms with E-state index in [4.69, 9.17) is 0 Å². The molecule has 0 fully saturated rings. The molecule has 19 heavy (non-hydrogen) atoms. The molecule has 0 unspecified atom stereocenters. The van der Waals surface area contributed by atoms with Gasteiger partial charge in [-0.25, -0.2) is 4.98 Å². The van der Waals surface area contributed by atoms with E-state index in [1.807, 2.05) is 6.92 Å². The second-order valence-corrected chi connectivity index (χ2v) is 4.19. The molecule has 1 aromatic heterocycles. The third-order valence-electron chi connectivity index (χ3n) is 2.92. The van der Waals surface area contributed by atoms with Gasteiger partial charge in [0.05, 0.1) is 0 Å². The van der Waals surface area contributed by atoms with Crippen LogP contribution < -0.4 is 0 Å². The van der Waals surface area contributed by atoms with Gasteiger partial charge in [-0.15, -0.1) is 5.10 Å². The van der Waals surface area contributed by atoms with Gasteiger partial charge in [0.1, 0.15) is 5.82 Å². The highest BCUT2D eigenvalue weighted by Gasteiger charge is 2.35. The number of hydrogen-bond donors (Lipinski definition) is 1. The van der Waals surface area contributed by atoms with Crippen LogP contribution in [0.4, 0.5) is 13.2 Å². The average Bonchev–Trinajstić information content (AvgIpc) is 2.86. The number of amides is 1. The summed E-state index contributed by atoms with van der Waals surface area (Å²) in [6.45, 7) is 1.82. The number of aryl methyl sites for hydroxylation is 1. The van der Waals surface area contributed by atoms with Gasteiger partial charge in [0.2, 0.25) is 5.82 Å². The molecular weight excluding hydrogens is 261 g/mol. The van der Waals surface area contributed by atoms with E-state index in [0.29, 0.717) is 12.2 Å². The number of alkyl halides is 3. The lowest BCUT2D eigenvalue weighted by Crippen LogP contribution is -2.37. The Balaban J connectivity index is 2.05. The fourth-order valence-electron chi connectivity index (χ4n) is 1.80. The number of aromatic amines is 1. The zero-order valence-corrected chi connectivity index (χ0v) is 10.3. The zero-order valence-electron chi connectivity index (χ0n) is 10.3. The van der Waals surface area contributed by atoms with Gasteiger partial charge in [0, 0.05) is 25.1 Å². The summed E-state index contributed by atoms with van der Waals surface area (Å²) in [5.41, 5.74) is -0.583. The number of aromatic nitrogens is 3. The minimum absolute atomic E-state index is 0.000656. The third kappa shape index (κ3) is 2.94. The molecule has 1 aromatic rings. The van der Waals surface area contributed by atoms with Crippen LogP contribution in [0.15, 0.2) is 11.6 Å². The number of H-pyrrole nitrogens is 1. The predicted octanol–water partition coefficient (Wildman–Crippen LogP) is 1.70. The number of carbonyl (C=O) groups is 1. The van der Waals surface area contributed by atoms with E-state index in [1.54, 1.807) is 0 Å². The Kier molecular flexibility index (Phi) is 3.59. The van der Waals surface area contributed by atoms with E-state index < -0.39 is 17.7 Å². The number of carbonyl (C=O) groups excluding carboxylic acids is 1. The molecule has 0 aliphatic carbocycles. The van der Waals surface area contributed by atoms with E-state index in [0.717, 1.165) is 6.08 Å². The lowest BCUT2D eigenvalue weighted by Gasteiger charge is -2.26. The Hall–Kier alpha value is -1.86. The highest BCUT2D eigenvalue weighted by Crippen LogP contribution is 2.30. The first-order valence-corrected chi connectivity index (χ1v) is 5.88. The topological polar surface area (TPSA) is 61.9 Å². The molecule has 8 heteroatoms. The van der Waals surface area contributed by atoms with Crippen LogP contribution in [0, 0.1) is 0 Å². The van der Waals surface area contributed by atoms with Gasteiger partial charge in [-0.2, -0.15) is 13.2 Å². The first-order chi connectivity index (χ1) is 8.91. The molecule has 0 radical (unpaired) electrons. The molecule has 104 valence electrons. The zero-order chi connectivity index (χ0) is 14.0. The molecule has 1 aliphatic heterocycles. The number of nitrogens with zero attached hydrogens (tertiary/aromatic N) is 3. The van der Waals surface area contributed by atoms with Crippen molar-refractivity contribution in [1.29, 1.82) is 0 Å². The Morgan fingerprint density at radius 1 is 1.53 bits per heavy atom. The van der Waals surface area contributed by atoms with Gasteiger partial charge in [-0.3, -0.25) is 9.89 Å². The Labute approximate surface area is 107 Å². The minimum atomic E-state index is -4.31. The quantitative estimate of drug-likeness (QED) is 0.835. The Bertz CT molecular complexity index is 506. The summed E-state index contributed by atoms with van der Waals surface area (Å²) in [6.07, 6.45) is -2.86. The summed E-state index contributed by atoms with van der Waals surface area (Å²) in [7, 11) is 0. The maximum absolute atomic E-state index is 12.4. The molecule has 0 atom stereocenters. The van der Waals surface area contributed by atoms with Gasteiger partial charge in [-0.05, 0) is 6.42 Å². The number of halogens is 3. The molecule has 2 heterocycles. The number of hydrogen-bond acceptors (Lipinski definition) is 3. The van der Waals surface area contributed by atoms with Crippen molar-refractivity contribution in [2.24, 2.45) is 0 Å². The summed E-state index contributed by atoms with van der Waals surface area (Å²) in [5.74, 6) is 0.126. The van der Waals surface area contributed by atoms with E-state index in [-0.39, 0.29) is 25.3 Å². The molecular formula is C11H13F3N4O. The molecule has 2 rings (SSSR count).